The molecule has 4 N–H and O–H groups in total. The van der Waals surface area contributed by atoms with E-state index in [0.29, 0.717) is 0 Å². The molecule has 7 nitrogen and oxygen atoms in total. The number of aliphatic hydroxyl groups excluding tert-OH is 1. The van der Waals surface area contributed by atoms with Gasteiger partial charge in [-0.3, -0.25) is 0 Å². The SMILES string of the molecule is N#Cc1cc(NC(=O)N[C@@H](CO)C(=O)O)ccc1F. The number of benzene rings is 1. The second kappa shape index (κ2) is 6.32. The van der Waals surface area contributed by atoms with Crippen molar-refractivity contribution in [2.45, 2.75) is 6.04 Å². The van der Waals surface area contributed by atoms with Crippen molar-refractivity contribution in [3.8, 4) is 6.07 Å². The largest absolute Gasteiger partial charge is 0.480 e. The third-order valence-corrected chi connectivity index (χ3v) is 2.13. The molecule has 1 aromatic carbocycles. The minimum absolute atomic E-state index is 0.123. The Kier molecular flexibility index (Phi) is 4.79. The molecule has 1 aromatic rings. The highest BCUT2D eigenvalue weighted by molar-refractivity contribution is 5.92. The number of nitriles is 1. The van der Waals surface area contributed by atoms with Crippen LogP contribution in [0, 0.1) is 17.1 Å². The van der Waals surface area contributed by atoms with Gasteiger partial charge in [-0.05, 0) is 18.2 Å². The zero-order chi connectivity index (χ0) is 14.4. The van der Waals surface area contributed by atoms with Gasteiger partial charge in [0.2, 0.25) is 0 Å². The maximum absolute atomic E-state index is 13.0. The number of aliphatic carboxylic acids is 1. The van der Waals surface area contributed by atoms with E-state index in [1.54, 1.807) is 6.07 Å². The lowest BCUT2D eigenvalue weighted by Gasteiger charge is -2.12. The number of carbonyl (C=O) groups is 2. The van der Waals surface area contributed by atoms with Crippen LogP contribution in [0.3, 0.4) is 0 Å². The van der Waals surface area contributed by atoms with Gasteiger partial charge in [0.05, 0.1) is 12.2 Å². The predicted molar refractivity (Wildman–Crippen MR) is 61.8 cm³/mol. The Morgan fingerprint density at radius 2 is 2.16 bits per heavy atom. The molecule has 2 amide bonds. The molecule has 0 aliphatic rings. The van der Waals surface area contributed by atoms with Gasteiger partial charge in [0.1, 0.15) is 11.9 Å². The van der Waals surface area contributed by atoms with E-state index in [1.807, 2.05) is 5.32 Å². The highest BCUT2D eigenvalue weighted by atomic mass is 19.1. The predicted octanol–water partition coefficient (Wildman–Crippen LogP) is 0.264. The third kappa shape index (κ3) is 3.93. The van der Waals surface area contributed by atoms with Crippen LogP contribution in [0.5, 0.6) is 0 Å². The first-order valence-electron chi connectivity index (χ1n) is 5.08. The van der Waals surface area contributed by atoms with Crippen molar-refractivity contribution >= 4 is 17.7 Å². The maximum Gasteiger partial charge on any atom is 0.328 e. The second-order valence-corrected chi connectivity index (χ2v) is 3.48. The molecule has 0 saturated heterocycles. The monoisotopic (exact) mass is 267 g/mol. The number of carboxylic acids is 1. The number of hydrogen-bond donors (Lipinski definition) is 4. The van der Waals surface area contributed by atoms with Crippen LogP contribution in [0.2, 0.25) is 0 Å². The quantitative estimate of drug-likeness (QED) is 0.623. The van der Waals surface area contributed by atoms with E-state index < -0.39 is 30.5 Å². The number of anilines is 1. The number of hydrogen-bond acceptors (Lipinski definition) is 4. The van der Waals surface area contributed by atoms with Crippen LogP contribution in [0.1, 0.15) is 5.56 Å². The summed E-state index contributed by atoms with van der Waals surface area (Å²) in [6.07, 6.45) is 0. The first-order valence-corrected chi connectivity index (χ1v) is 5.08. The molecule has 1 rings (SSSR count). The minimum Gasteiger partial charge on any atom is -0.480 e. The van der Waals surface area contributed by atoms with Gasteiger partial charge in [-0.15, -0.1) is 0 Å². The zero-order valence-electron chi connectivity index (χ0n) is 9.55. The Bertz CT molecular complexity index is 541. The average molecular weight is 267 g/mol. The van der Waals surface area contributed by atoms with Crippen LogP contribution in [0.15, 0.2) is 18.2 Å². The molecule has 100 valence electrons. The van der Waals surface area contributed by atoms with Gasteiger partial charge in [0.15, 0.2) is 6.04 Å². The van der Waals surface area contributed by atoms with Crippen molar-refractivity contribution in [2.24, 2.45) is 0 Å². The van der Waals surface area contributed by atoms with E-state index >= 15 is 0 Å². The van der Waals surface area contributed by atoms with Crippen molar-refractivity contribution in [3.63, 3.8) is 0 Å². The summed E-state index contributed by atoms with van der Waals surface area (Å²) in [7, 11) is 0. The number of nitrogens with zero attached hydrogens (tertiary/aromatic N) is 1. The van der Waals surface area contributed by atoms with E-state index in [0.717, 1.165) is 12.1 Å². The summed E-state index contributed by atoms with van der Waals surface area (Å²) >= 11 is 0. The van der Waals surface area contributed by atoms with Gasteiger partial charge in [-0.1, -0.05) is 0 Å². The van der Waals surface area contributed by atoms with E-state index in [1.165, 1.54) is 6.07 Å². The molecule has 0 radical (unpaired) electrons. The Morgan fingerprint density at radius 3 is 2.68 bits per heavy atom. The molecule has 0 aromatic heterocycles. The van der Waals surface area contributed by atoms with Gasteiger partial charge < -0.3 is 20.8 Å². The van der Waals surface area contributed by atoms with E-state index in [9.17, 15) is 14.0 Å². The molecule has 0 spiro atoms. The van der Waals surface area contributed by atoms with E-state index in [2.05, 4.69) is 5.32 Å². The van der Waals surface area contributed by atoms with Gasteiger partial charge in [-0.25, -0.2) is 14.0 Å². The summed E-state index contributed by atoms with van der Waals surface area (Å²) in [6, 6.07) is 2.57. The smallest absolute Gasteiger partial charge is 0.328 e. The summed E-state index contributed by atoms with van der Waals surface area (Å²) in [5.74, 6) is -2.12. The molecular weight excluding hydrogens is 257 g/mol. The molecule has 8 heteroatoms. The number of amides is 2. The Morgan fingerprint density at radius 1 is 1.47 bits per heavy atom. The van der Waals surface area contributed by atoms with Crippen LogP contribution in [0.25, 0.3) is 0 Å². The fourth-order valence-electron chi connectivity index (χ4n) is 1.20. The average Bonchev–Trinajstić information content (AvgIpc) is 2.37. The number of nitrogens with one attached hydrogen (secondary N) is 2. The molecular formula is C11H10FN3O4. The molecule has 0 saturated carbocycles. The van der Waals surface area contributed by atoms with Crippen molar-refractivity contribution in [1.82, 2.24) is 5.32 Å². The number of carboxylic acid groups (broad SMARTS) is 1. The van der Waals surface area contributed by atoms with Crippen molar-refractivity contribution in [1.29, 1.82) is 5.26 Å². The zero-order valence-corrected chi connectivity index (χ0v) is 9.55. The lowest BCUT2D eigenvalue weighted by molar-refractivity contribution is -0.140. The molecule has 0 bridgehead atoms. The maximum atomic E-state index is 13.0. The van der Waals surface area contributed by atoms with Crippen molar-refractivity contribution < 1.29 is 24.2 Å². The fourth-order valence-corrected chi connectivity index (χ4v) is 1.20. The summed E-state index contributed by atoms with van der Waals surface area (Å²) in [4.78, 5) is 22.0. The normalized spacial score (nSPS) is 11.2. The van der Waals surface area contributed by atoms with E-state index in [-0.39, 0.29) is 11.3 Å². The molecule has 0 fully saturated rings. The molecule has 0 aliphatic carbocycles. The molecule has 0 unspecified atom stereocenters. The number of rotatable bonds is 4. The Balaban J connectivity index is 2.72. The van der Waals surface area contributed by atoms with Crippen LogP contribution in [-0.4, -0.2) is 34.9 Å². The summed E-state index contributed by atoms with van der Waals surface area (Å²) < 4.78 is 13.0. The van der Waals surface area contributed by atoms with Crippen molar-refractivity contribution in [3.05, 3.63) is 29.6 Å². The lowest BCUT2D eigenvalue weighted by atomic mass is 10.2. The van der Waals surface area contributed by atoms with Gasteiger partial charge >= 0.3 is 12.0 Å². The number of carbonyl (C=O) groups excluding carboxylic acids is 1. The fraction of sp³-hybridized carbons (Fsp3) is 0.182. The molecule has 19 heavy (non-hydrogen) atoms. The third-order valence-electron chi connectivity index (χ3n) is 2.13. The van der Waals surface area contributed by atoms with Crippen LogP contribution in [-0.2, 0) is 4.79 Å². The lowest BCUT2D eigenvalue weighted by Crippen LogP contribution is -2.45. The van der Waals surface area contributed by atoms with E-state index in [4.69, 9.17) is 15.5 Å². The first kappa shape index (κ1) is 14.4. The standard InChI is InChI=1S/C11H10FN3O4/c12-8-2-1-7(3-6(8)4-13)14-11(19)15-9(5-16)10(17)18/h1-3,9,16H,5H2,(H,17,18)(H2,14,15,19)/t9-/m0/s1. The summed E-state index contributed by atoms with van der Waals surface area (Å²) in [5, 5.41) is 30.1. The van der Waals surface area contributed by atoms with Crippen molar-refractivity contribution in [2.75, 3.05) is 11.9 Å². The number of urea groups is 1. The first-order chi connectivity index (χ1) is 8.97. The molecule has 0 aliphatic heterocycles. The highest BCUT2D eigenvalue weighted by Gasteiger charge is 2.18. The Labute approximate surface area is 107 Å². The van der Waals surface area contributed by atoms with Gasteiger partial charge in [0.25, 0.3) is 0 Å². The van der Waals surface area contributed by atoms with Gasteiger partial charge in [-0.2, -0.15) is 5.26 Å². The summed E-state index contributed by atoms with van der Waals surface area (Å²) in [6.45, 7) is -0.768. The molecule has 0 heterocycles. The molecule has 1 atom stereocenters. The van der Waals surface area contributed by atoms with Crippen LogP contribution in [0.4, 0.5) is 14.9 Å². The highest BCUT2D eigenvalue weighted by Crippen LogP contribution is 2.13. The second-order valence-electron chi connectivity index (χ2n) is 3.48. The van der Waals surface area contributed by atoms with Crippen LogP contribution >= 0.6 is 0 Å². The van der Waals surface area contributed by atoms with Gasteiger partial charge in [0, 0.05) is 5.69 Å². The topological polar surface area (TPSA) is 122 Å². The Hall–Kier alpha value is -2.66. The number of halogens is 1. The number of aliphatic hydroxyl groups is 1. The summed E-state index contributed by atoms with van der Waals surface area (Å²) in [5.41, 5.74) is -0.132. The minimum atomic E-state index is -1.45. The van der Waals surface area contributed by atoms with Crippen LogP contribution < -0.4 is 10.6 Å².